The molecule has 0 saturated carbocycles. The molecule has 0 fully saturated rings. The third kappa shape index (κ3) is 3.29. The van der Waals surface area contributed by atoms with Crippen LogP contribution in [0.3, 0.4) is 0 Å². The lowest BCUT2D eigenvalue weighted by Crippen LogP contribution is -2.02. The van der Waals surface area contributed by atoms with Crippen molar-refractivity contribution in [1.29, 1.82) is 0 Å². The molecule has 5 heteroatoms. The van der Waals surface area contributed by atoms with Gasteiger partial charge in [-0.15, -0.1) is 0 Å². The maximum Gasteiger partial charge on any atom is 0.141 e. The van der Waals surface area contributed by atoms with Gasteiger partial charge in [0.2, 0.25) is 0 Å². The molecular weight excluding hydrogens is 363 g/mol. The summed E-state index contributed by atoms with van der Waals surface area (Å²) in [5.74, 6) is -0.323. The van der Waals surface area contributed by atoms with Crippen LogP contribution in [0.2, 0.25) is 0 Å². The Balaban J connectivity index is 2.16. The number of anilines is 1. The third-order valence-electron chi connectivity index (χ3n) is 2.42. The average molecular weight is 374 g/mol. The molecule has 0 saturated heterocycles. The molecule has 0 atom stereocenters. The van der Waals surface area contributed by atoms with Gasteiger partial charge >= 0.3 is 0 Å². The van der Waals surface area contributed by atoms with Crippen LogP contribution in [-0.4, -0.2) is 4.98 Å². The van der Waals surface area contributed by atoms with Gasteiger partial charge < -0.3 is 5.32 Å². The van der Waals surface area contributed by atoms with Gasteiger partial charge in [0.1, 0.15) is 5.82 Å². The van der Waals surface area contributed by atoms with Crippen molar-refractivity contribution < 1.29 is 4.39 Å². The van der Waals surface area contributed by atoms with E-state index in [1.54, 1.807) is 6.20 Å². The van der Waals surface area contributed by atoms with Crippen molar-refractivity contribution in [2.45, 2.75) is 13.5 Å². The van der Waals surface area contributed by atoms with Crippen molar-refractivity contribution in [3.63, 3.8) is 0 Å². The minimum atomic E-state index is -0.323. The van der Waals surface area contributed by atoms with Crippen LogP contribution in [0.15, 0.2) is 39.5 Å². The SMILES string of the molecule is Cc1cc(Br)c(NCc2cncc(F)c2)c(Br)c1. The standard InChI is InChI=1S/C13H11Br2FN2/c1-8-2-11(14)13(12(15)3-8)18-6-9-4-10(16)7-17-5-9/h2-5,7,18H,6H2,1H3. The number of aromatic nitrogens is 1. The summed E-state index contributed by atoms with van der Waals surface area (Å²) in [4.78, 5) is 3.82. The minimum Gasteiger partial charge on any atom is -0.379 e. The van der Waals surface area contributed by atoms with E-state index in [1.807, 2.05) is 19.1 Å². The van der Waals surface area contributed by atoms with E-state index in [9.17, 15) is 4.39 Å². The van der Waals surface area contributed by atoms with E-state index in [0.29, 0.717) is 6.54 Å². The highest BCUT2D eigenvalue weighted by atomic mass is 79.9. The van der Waals surface area contributed by atoms with Gasteiger partial charge in [-0.25, -0.2) is 4.39 Å². The largest absolute Gasteiger partial charge is 0.379 e. The Kier molecular flexibility index (Phi) is 4.35. The van der Waals surface area contributed by atoms with Crippen LogP contribution in [0.1, 0.15) is 11.1 Å². The predicted molar refractivity (Wildman–Crippen MR) is 78.1 cm³/mol. The molecule has 0 aliphatic carbocycles. The minimum absolute atomic E-state index is 0.323. The molecule has 1 heterocycles. The Morgan fingerprint density at radius 1 is 1.17 bits per heavy atom. The fourth-order valence-corrected chi connectivity index (χ4v) is 3.31. The maximum absolute atomic E-state index is 13.0. The van der Waals surface area contributed by atoms with Crippen molar-refractivity contribution in [1.82, 2.24) is 4.98 Å². The fraction of sp³-hybridized carbons (Fsp3) is 0.154. The van der Waals surface area contributed by atoms with E-state index in [2.05, 4.69) is 42.2 Å². The Hall–Kier alpha value is -0.940. The molecule has 0 bridgehead atoms. The molecule has 0 amide bonds. The van der Waals surface area contributed by atoms with Gasteiger partial charge in [-0.2, -0.15) is 0 Å². The number of hydrogen-bond donors (Lipinski definition) is 1. The van der Waals surface area contributed by atoms with Gasteiger partial charge in [-0.3, -0.25) is 4.98 Å². The number of benzene rings is 1. The molecule has 1 aromatic carbocycles. The number of rotatable bonds is 3. The molecule has 0 aliphatic heterocycles. The molecule has 0 aliphatic rings. The third-order valence-corrected chi connectivity index (χ3v) is 3.67. The zero-order chi connectivity index (χ0) is 13.1. The maximum atomic E-state index is 13.0. The molecule has 0 unspecified atom stereocenters. The van der Waals surface area contributed by atoms with Crippen molar-refractivity contribution in [2.24, 2.45) is 0 Å². The summed E-state index contributed by atoms with van der Waals surface area (Å²) in [5, 5.41) is 3.25. The Morgan fingerprint density at radius 3 is 2.44 bits per heavy atom. The lowest BCUT2D eigenvalue weighted by Gasteiger charge is -2.11. The highest BCUT2D eigenvalue weighted by Crippen LogP contribution is 2.32. The highest BCUT2D eigenvalue weighted by Gasteiger charge is 2.06. The summed E-state index contributed by atoms with van der Waals surface area (Å²) >= 11 is 7.01. The lowest BCUT2D eigenvalue weighted by molar-refractivity contribution is 0.619. The Morgan fingerprint density at radius 2 is 1.83 bits per heavy atom. The predicted octanol–water partition coefficient (Wildman–Crippen LogP) is 4.67. The highest BCUT2D eigenvalue weighted by molar-refractivity contribution is 9.11. The smallest absolute Gasteiger partial charge is 0.141 e. The van der Waals surface area contributed by atoms with E-state index in [0.717, 1.165) is 25.8 Å². The van der Waals surface area contributed by atoms with Gasteiger partial charge in [0.05, 0.1) is 11.9 Å². The van der Waals surface area contributed by atoms with Crippen LogP contribution in [0.25, 0.3) is 0 Å². The second-order valence-corrected chi connectivity index (χ2v) is 5.68. The van der Waals surface area contributed by atoms with Crippen LogP contribution >= 0.6 is 31.9 Å². The molecule has 94 valence electrons. The van der Waals surface area contributed by atoms with E-state index < -0.39 is 0 Å². The number of halogens is 3. The quantitative estimate of drug-likeness (QED) is 0.845. The van der Waals surface area contributed by atoms with Crippen LogP contribution in [-0.2, 0) is 6.54 Å². The summed E-state index contributed by atoms with van der Waals surface area (Å²) in [6.45, 7) is 2.54. The lowest BCUT2D eigenvalue weighted by atomic mass is 10.2. The summed E-state index contributed by atoms with van der Waals surface area (Å²) in [6.07, 6.45) is 2.84. The second-order valence-electron chi connectivity index (χ2n) is 3.97. The van der Waals surface area contributed by atoms with Crippen LogP contribution in [0.5, 0.6) is 0 Å². The monoisotopic (exact) mass is 372 g/mol. The van der Waals surface area contributed by atoms with Crippen LogP contribution < -0.4 is 5.32 Å². The van der Waals surface area contributed by atoms with Crippen LogP contribution in [0, 0.1) is 12.7 Å². The first kappa shape index (κ1) is 13.5. The zero-order valence-electron chi connectivity index (χ0n) is 9.67. The number of nitrogens with zero attached hydrogens (tertiary/aromatic N) is 1. The number of aryl methyl sites for hydroxylation is 1. The number of pyridine rings is 1. The summed E-state index contributed by atoms with van der Waals surface area (Å²) in [7, 11) is 0. The van der Waals surface area contributed by atoms with Gasteiger partial charge in [-0.05, 0) is 68.1 Å². The topological polar surface area (TPSA) is 24.9 Å². The molecule has 1 N–H and O–H groups in total. The van der Waals surface area contributed by atoms with Gasteiger partial charge in [0, 0.05) is 21.7 Å². The fourth-order valence-electron chi connectivity index (χ4n) is 1.61. The van der Waals surface area contributed by atoms with Crippen LogP contribution in [0.4, 0.5) is 10.1 Å². The first-order chi connectivity index (χ1) is 8.56. The molecule has 2 rings (SSSR count). The normalized spacial score (nSPS) is 10.4. The molecular formula is C13H11Br2FN2. The average Bonchev–Trinajstić information content (AvgIpc) is 2.27. The van der Waals surface area contributed by atoms with E-state index in [4.69, 9.17) is 0 Å². The van der Waals surface area contributed by atoms with Crippen molar-refractivity contribution in [3.05, 3.63) is 56.5 Å². The first-order valence-corrected chi connectivity index (χ1v) is 6.94. The summed E-state index contributed by atoms with van der Waals surface area (Å²) < 4.78 is 14.9. The molecule has 2 nitrogen and oxygen atoms in total. The second kappa shape index (κ2) is 5.80. The number of hydrogen-bond acceptors (Lipinski definition) is 2. The Labute approximate surface area is 122 Å². The van der Waals surface area contributed by atoms with Gasteiger partial charge in [-0.1, -0.05) is 0 Å². The Bertz CT molecular complexity index is 550. The van der Waals surface area contributed by atoms with E-state index >= 15 is 0 Å². The van der Waals surface area contributed by atoms with Crippen molar-refractivity contribution in [2.75, 3.05) is 5.32 Å². The molecule has 0 radical (unpaired) electrons. The van der Waals surface area contributed by atoms with Crippen molar-refractivity contribution in [3.8, 4) is 0 Å². The summed E-state index contributed by atoms with van der Waals surface area (Å²) in [6, 6.07) is 5.52. The first-order valence-electron chi connectivity index (χ1n) is 5.35. The zero-order valence-corrected chi connectivity index (χ0v) is 12.8. The van der Waals surface area contributed by atoms with E-state index in [1.165, 1.54) is 12.3 Å². The molecule has 0 spiro atoms. The van der Waals surface area contributed by atoms with Gasteiger partial charge in [0.15, 0.2) is 0 Å². The summed E-state index contributed by atoms with van der Waals surface area (Å²) in [5.41, 5.74) is 2.91. The number of nitrogens with one attached hydrogen (secondary N) is 1. The molecule has 18 heavy (non-hydrogen) atoms. The van der Waals surface area contributed by atoms with Crippen molar-refractivity contribution >= 4 is 37.5 Å². The van der Waals surface area contributed by atoms with Gasteiger partial charge in [0.25, 0.3) is 0 Å². The van der Waals surface area contributed by atoms with E-state index in [-0.39, 0.29) is 5.82 Å². The molecule has 2 aromatic rings. The molecule has 1 aromatic heterocycles.